The molecule has 2 N–H and O–H groups in total. The Morgan fingerprint density at radius 2 is 2.03 bits per heavy atom. The third-order valence-electron chi connectivity index (χ3n) is 6.19. The number of aliphatic hydroxyl groups is 1. The second kappa shape index (κ2) is 7.88. The average Bonchev–Trinajstić information content (AvgIpc) is 3.01. The number of hydrogen-bond donors (Lipinski definition) is 2. The van der Waals surface area contributed by atoms with Gasteiger partial charge in [0.15, 0.2) is 0 Å². The van der Waals surface area contributed by atoms with Gasteiger partial charge in [-0.2, -0.15) is 0 Å². The number of nitrogens with zero attached hydrogens (tertiary/aromatic N) is 2. The molecule has 4 nitrogen and oxygen atoms in total. The van der Waals surface area contributed by atoms with Crippen molar-refractivity contribution in [1.29, 1.82) is 0 Å². The molecule has 3 aromatic rings. The average molecular weight is 396 g/mol. The lowest BCUT2D eigenvalue weighted by Gasteiger charge is -2.27. The van der Waals surface area contributed by atoms with Gasteiger partial charge in [-0.3, -0.25) is 4.98 Å². The highest BCUT2D eigenvalue weighted by molar-refractivity contribution is 5.87. The van der Waals surface area contributed by atoms with E-state index in [1.54, 1.807) is 25.4 Å². The summed E-state index contributed by atoms with van der Waals surface area (Å²) in [5.41, 5.74) is 3.58. The zero-order valence-electron chi connectivity index (χ0n) is 17.5. The van der Waals surface area contributed by atoms with Crippen molar-refractivity contribution < 1.29 is 9.50 Å². The number of aromatic nitrogens is 2. The Bertz CT molecular complexity index is 1010. The van der Waals surface area contributed by atoms with E-state index in [0.29, 0.717) is 18.0 Å². The fourth-order valence-electron chi connectivity index (χ4n) is 4.76. The molecule has 0 saturated carbocycles. The molecule has 29 heavy (non-hydrogen) atoms. The molecule has 2 atom stereocenters. The lowest BCUT2D eigenvalue weighted by atomic mass is 9.92. The molecule has 0 aliphatic carbocycles. The number of rotatable bonds is 3. The topological polar surface area (TPSA) is 50.1 Å². The summed E-state index contributed by atoms with van der Waals surface area (Å²) in [6, 6.07) is 7.36. The standard InChI is InChI=1S/C24H30FN3O/c1-16-13-19-22-17(2)5-4-9-26-12-8-21(22)28(23(19)20(25)14-16)15-24(3,29)18-6-10-27-11-7-18/h6-7,10-11,13-14,17,26,29H,4-5,8-9,12,15H2,1-3H3/t17-,24?/m1/s1. The minimum atomic E-state index is -1.13. The van der Waals surface area contributed by atoms with E-state index in [2.05, 4.69) is 23.3 Å². The number of nitrogens with one attached hydrogen (secondary N) is 1. The molecular formula is C24H30FN3O. The normalized spacial score (nSPS) is 19.8. The van der Waals surface area contributed by atoms with Gasteiger partial charge in [-0.15, -0.1) is 0 Å². The molecule has 3 heterocycles. The Hall–Kier alpha value is -2.24. The summed E-state index contributed by atoms with van der Waals surface area (Å²) in [6.07, 6.45) is 6.36. The number of aryl methyl sites for hydroxylation is 1. The third-order valence-corrected chi connectivity index (χ3v) is 6.19. The first-order valence-corrected chi connectivity index (χ1v) is 10.5. The summed E-state index contributed by atoms with van der Waals surface area (Å²) >= 11 is 0. The predicted molar refractivity (Wildman–Crippen MR) is 115 cm³/mol. The molecule has 5 heteroatoms. The first kappa shape index (κ1) is 20.0. The maximum atomic E-state index is 15.3. The van der Waals surface area contributed by atoms with E-state index < -0.39 is 5.60 Å². The van der Waals surface area contributed by atoms with Gasteiger partial charge in [-0.05, 0) is 80.1 Å². The van der Waals surface area contributed by atoms with Gasteiger partial charge in [0, 0.05) is 36.4 Å². The molecule has 154 valence electrons. The Balaban J connectivity index is 1.93. The lowest BCUT2D eigenvalue weighted by Crippen LogP contribution is -2.29. The third kappa shape index (κ3) is 3.81. The largest absolute Gasteiger partial charge is 0.384 e. The Labute approximate surface area is 171 Å². The highest BCUT2D eigenvalue weighted by Crippen LogP contribution is 2.38. The minimum Gasteiger partial charge on any atom is -0.384 e. The summed E-state index contributed by atoms with van der Waals surface area (Å²) in [6.45, 7) is 8.15. The van der Waals surface area contributed by atoms with Gasteiger partial charge in [0.2, 0.25) is 0 Å². The van der Waals surface area contributed by atoms with Crippen molar-refractivity contribution in [3.63, 3.8) is 0 Å². The zero-order chi connectivity index (χ0) is 20.6. The first-order chi connectivity index (χ1) is 13.9. The summed E-state index contributed by atoms with van der Waals surface area (Å²) in [4.78, 5) is 4.06. The van der Waals surface area contributed by atoms with Crippen LogP contribution in [0.25, 0.3) is 10.9 Å². The van der Waals surface area contributed by atoms with Crippen LogP contribution in [0.5, 0.6) is 0 Å². The van der Waals surface area contributed by atoms with Gasteiger partial charge in [-0.1, -0.05) is 6.92 Å². The maximum absolute atomic E-state index is 15.3. The minimum absolute atomic E-state index is 0.213. The van der Waals surface area contributed by atoms with Gasteiger partial charge in [0.25, 0.3) is 0 Å². The number of benzene rings is 1. The highest BCUT2D eigenvalue weighted by atomic mass is 19.1. The second-order valence-electron chi connectivity index (χ2n) is 8.64. The van der Waals surface area contributed by atoms with E-state index >= 15 is 4.39 Å². The Kier molecular flexibility index (Phi) is 5.45. The van der Waals surface area contributed by atoms with Crippen LogP contribution < -0.4 is 5.32 Å². The van der Waals surface area contributed by atoms with Crippen molar-refractivity contribution in [3.8, 4) is 0 Å². The Morgan fingerprint density at radius 1 is 1.28 bits per heavy atom. The molecule has 1 aromatic carbocycles. The van der Waals surface area contributed by atoms with Crippen molar-refractivity contribution in [2.75, 3.05) is 13.1 Å². The van der Waals surface area contributed by atoms with Crippen LogP contribution in [-0.4, -0.2) is 27.7 Å². The highest BCUT2D eigenvalue weighted by Gasteiger charge is 2.30. The van der Waals surface area contributed by atoms with Gasteiger partial charge in [0.05, 0.1) is 12.1 Å². The molecule has 1 unspecified atom stereocenters. The van der Waals surface area contributed by atoms with E-state index in [1.807, 2.05) is 23.6 Å². The maximum Gasteiger partial charge on any atom is 0.147 e. The molecular weight excluding hydrogens is 365 g/mol. The summed E-state index contributed by atoms with van der Waals surface area (Å²) in [5, 5.41) is 15.8. The van der Waals surface area contributed by atoms with Gasteiger partial charge in [-0.25, -0.2) is 4.39 Å². The number of pyridine rings is 1. The van der Waals surface area contributed by atoms with Crippen LogP contribution in [0.1, 0.15) is 55.0 Å². The second-order valence-corrected chi connectivity index (χ2v) is 8.64. The Morgan fingerprint density at radius 3 is 2.79 bits per heavy atom. The van der Waals surface area contributed by atoms with Crippen molar-refractivity contribution in [1.82, 2.24) is 14.9 Å². The van der Waals surface area contributed by atoms with E-state index in [0.717, 1.165) is 54.6 Å². The van der Waals surface area contributed by atoms with Crippen LogP contribution in [0.3, 0.4) is 0 Å². The molecule has 0 radical (unpaired) electrons. The summed E-state index contributed by atoms with van der Waals surface area (Å²) < 4.78 is 17.3. The fraction of sp³-hybridized carbons (Fsp3) is 0.458. The molecule has 0 bridgehead atoms. The molecule has 0 fully saturated rings. The summed E-state index contributed by atoms with van der Waals surface area (Å²) in [5.74, 6) is 0.135. The van der Waals surface area contributed by atoms with E-state index in [4.69, 9.17) is 0 Å². The van der Waals surface area contributed by atoms with Crippen molar-refractivity contribution in [3.05, 3.63) is 64.9 Å². The predicted octanol–water partition coefficient (Wildman–Crippen LogP) is 4.42. The monoisotopic (exact) mass is 395 g/mol. The van der Waals surface area contributed by atoms with Crippen LogP contribution in [0.4, 0.5) is 4.39 Å². The SMILES string of the molecule is Cc1cc(F)c2c(c1)c1c(n2CC(C)(O)c2ccncc2)CCNCCC[C@H]1C. The molecule has 2 aromatic heterocycles. The number of hydrogen-bond acceptors (Lipinski definition) is 3. The van der Waals surface area contributed by atoms with Gasteiger partial charge >= 0.3 is 0 Å². The van der Waals surface area contributed by atoms with E-state index in [9.17, 15) is 5.11 Å². The fourth-order valence-corrected chi connectivity index (χ4v) is 4.76. The molecule has 0 saturated heterocycles. The number of fused-ring (bicyclic) bond motifs is 3. The lowest BCUT2D eigenvalue weighted by molar-refractivity contribution is 0.0386. The van der Waals surface area contributed by atoms with Crippen LogP contribution in [-0.2, 0) is 18.6 Å². The summed E-state index contributed by atoms with van der Waals surface area (Å²) in [7, 11) is 0. The van der Waals surface area contributed by atoms with Crippen LogP contribution in [0, 0.1) is 12.7 Å². The van der Waals surface area contributed by atoms with Crippen LogP contribution in [0.15, 0.2) is 36.7 Å². The van der Waals surface area contributed by atoms with Crippen LogP contribution >= 0.6 is 0 Å². The van der Waals surface area contributed by atoms with Crippen molar-refractivity contribution >= 4 is 10.9 Å². The van der Waals surface area contributed by atoms with Gasteiger partial charge in [0.1, 0.15) is 11.4 Å². The quantitative estimate of drug-likeness (QED) is 0.690. The van der Waals surface area contributed by atoms with Crippen molar-refractivity contribution in [2.24, 2.45) is 0 Å². The molecule has 4 rings (SSSR count). The van der Waals surface area contributed by atoms with Gasteiger partial charge < -0.3 is 15.0 Å². The smallest absolute Gasteiger partial charge is 0.147 e. The van der Waals surface area contributed by atoms with E-state index in [-0.39, 0.29) is 5.82 Å². The molecule has 0 amide bonds. The molecule has 1 aliphatic rings. The molecule has 0 spiro atoms. The molecule has 1 aliphatic heterocycles. The zero-order valence-corrected chi connectivity index (χ0v) is 17.5. The van der Waals surface area contributed by atoms with Crippen LogP contribution in [0.2, 0.25) is 0 Å². The van der Waals surface area contributed by atoms with E-state index in [1.165, 1.54) is 5.56 Å². The first-order valence-electron chi connectivity index (χ1n) is 10.5. The number of halogens is 1. The van der Waals surface area contributed by atoms with Crippen molar-refractivity contribution in [2.45, 2.75) is 58.1 Å².